The van der Waals surface area contributed by atoms with Gasteiger partial charge in [-0.15, -0.1) is 0 Å². The van der Waals surface area contributed by atoms with E-state index in [1.807, 2.05) is 32.9 Å². The summed E-state index contributed by atoms with van der Waals surface area (Å²) >= 11 is 0. The number of fused-ring (bicyclic) bond motifs is 1. The lowest BCUT2D eigenvalue weighted by molar-refractivity contribution is -0.145. The molecule has 0 unspecified atom stereocenters. The third-order valence-corrected chi connectivity index (χ3v) is 8.03. The van der Waals surface area contributed by atoms with E-state index < -0.39 is 46.6 Å². The number of unbranched alkanes of at least 4 members (excludes halogenated alkanes) is 3. The molecule has 0 aliphatic heterocycles. The second kappa shape index (κ2) is 16.2. The molecule has 0 aromatic heterocycles. The van der Waals surface area contributed by atoms with Crippen molar-refractivity contribution in [1.29, 1.82) is 0 Å². The number of rotatable bonds is 16. The van der Waals surface area contributed by atoms with Gasteiger partial charge in [0, 0.05) is 31.4 Å². The van der Waals surface area contributed by atoms with E-state index >= 15 is 0 Å². The number of amides is 1. The van der Waals surface area contributed by atoms with Crippen LogP contribution in [0.5, 0.6) is 17.2 Å². The molecular weight excluding hydrogens is 615 g/mol. The van der Waals surface area contributed by atoms with Gasteiger partial charge >= 0.3 is 28.4 Å². The summed E-state index contributed by atoms with van der Waals surface area (Å²) in [5.41, 5.74) is 1.49. The van der Waals surface area contributed by atoms with Crippen LogP contribution in [0.15, 0.2) is 42.5 Å². The largest absolute Gasteiger partial charge is 0.465 e. The molecule has 0 radical (unpaired) electrons. The van der Waals surface area contributed by atoms with E-state index in [1.54, 1.807) is 12.1 Å². The molecule has 2 aromatic rings. The van der Waals surface area contributed by atoms with Crippen LogP contribution in [0.4, 0.5) is 18.0 Å². The zero-order valence-electron chi connectivity index (χ0n) is 25.9. The van der Waals surface area contributed by atoms with E-state index in [4.69, 9.17) is 18.4 Å². The van der Waals surface area contributed by atoms with Crippen molar-refractivity contribution in [2.45, 2.75) is 90.3 Å². The van der Waals surface area contributed by atoms with Crippen LogP contribution < -0.4 is 14.2 Å². The molecule has 1 aliphatic carbocycles. The molecule has 1 aliphatic rings. The number of hydrogen-bond donors (Lipinski definition) is 1. The van der Waals surface area contributed by atoms with Gasteiger partial charge in [-0.25, -0.2) is 4.79 Å². The fourth-order valence-electron chi connectivity index (χ4n) is 4.81. The second-order valence-electron chi connectivity index (χ2n) is 12.1. The highest BCUT2D eigenvalue weighted by molar-refractivity contribution is 7.87. The van der Waals surface area contributed by atoms with Crippen LogP contribution >= 0.6 is 0 Å². The predicted octanol–water partition coefficient (Wildman–Crippen LogP) is 7.26. The second-order valence-corrected chi connectivity index (χ2v) is 13.8. The number of nitrogens with one attached hydrogen (secondary N) is 1. The first kappa shape index (κ1) is 36.0. The molecule has 250 valence electrons. The summed E-state index contributed by atoms with van der Waals surface area (Å²) < 4.78 is 83.1. The molecule has 2 aromatic carbocycles. The van der Waals surface area contributed by atoms with E-state index in [0.717, 1.165) is 30.4 Å². The summed E-state index contributed by atoms with van der Waals surface area (Å²) in [6, 6.07) is 11.5. The Labute approximate surface area is 262 Å². The predicted molar refractivity (Wildman–Crippen MR) is 162 cm³/mol. The lowest BCUT2D eigenvalue weighted by Gasteiger charge is -2.19. The maximum atomic E-state index is 12.4. The maximum Gasteiger partial charge on any atom is 0.407 e. The molecule has 0 bridgehead atoms. The first-order valence-electron chi connectivity index (χ1n) is 15.1. The number of halogens is 3. The van der Waals surface area contributed by atoms with Gasteiger partial charge in [0.2, 0.25) is 0 Å². The molecule has 9 nitrogen and oxygen atoms in total. The van der Waals surface area contributed by atoms with E-state index in [0.29, 0.717) is 43.7 Å². The summed E-state index contributed by atoms with van der Waals surface area (Å²) in [5.74, 6) is -0.0993. The van der Waals surface area contributed by atoms with Gasteiger partial charge in [-0.1, -0.05) is 31.0 Å². The molecule has 1 atom stereocenters. The fraction of sp³-hybridized carbons (Fsp3) is 0.562. The standard InChI is InChI=1S/C32H42F3NO8S/c1-31(2,3)43-30(38)36-17-7-5-4-6-15-29(37)41-22-23-19-24-11-8-14-28(27(24)20-23)42-25-12-9-13-26(21-25)44-45(39,40)18-10-16-32(33,34)35/h8-9,11-14,21,23H,4-7,10,15-20,22H2,1-3H3,(H,36,38)/t23-/m1/s1. The van der Waals surface area contributed by atoms with Crippen LogP contribution in [0, 0.1) is 5.92 Å². The van der Waals surface area contributed by atoms with Crippen molar-refractivity contribution in [3.05, 3.63) is 53.6 Å². The Balaban J connectivity index is 1.39. The number of alkyl carbamates (subject to hydrolysis) is 1. The number of benzene rings is 2. The molecule has 3 rings (SSSR count). The Morgan fingerprint density at radius 2 is 1.64 bits per heavy atom. The molecule has 1 amide bonds. The summed E-state index contributed by atoms with van der Waals surface area (Å²) in [6.07, 6.45) is -1.80. The van der Waals surface area contributed by atoms with Crippen LogP contribution in [0.2, 0.25) is 0 Å². The van der Waals surface area contributed by atoms with Crippen LogP contribution in [0.1, 0.15) is 76.8 Å². The van der Waals surface area contributed by atoms with E-state index in [-0.39, 0.29) is 24.2 Å². The lowest BCUT2D eigenvalue weighted by Crippen LogP contribution is -2.32. The summed E-state index contributed by atoms with van der Waals surface area (Å²) in [5, 5.41) is 2.72. The maximum absolute atomic E-state index is 12.4. The van der Waals surface area contributed by atoms with E-state index in [1.165, 1.54) is 18.2 Å². The molecule has 0 saturated heterocycles. The average Bonchev–Trinajstić information content (AvgIpc) is 3.34. The molecule has 0 saturated carbocycles. The molecule has 13 heteroatoms. The highest BCUT2D eigenvalue weighted by atomic mass is 32.2. The molecule has 45 heavy (non-hydrogen) atoms. The van der Waals surface area contributed by atoms with Crippen molar-refractivity contribution in [3.8, 4) is 17.2 Å². The van der Waals surface area contributed by atoms with Gasteiger partial charge in [0.05, 0.1) is 12.4 Å². The Morgan fingerprint density at radius 1 is 0.933 bits per heavy atom. The van der Waals surface area contributed by atoms with Gasteiger partial charge in [-0.2, -0.15) is 21.6 Å². The van der Waals surface area contributed by atoms with Crippen LogP contribution in [-0.2, 0) is 37.2 Å². The third-order valence-electron chi connectivity index (χ3n) is 6.80. The van der Waals surface area contributed by atoms with Crippen LogP contribution in [0.3, 0.4) is 0 Å². The quantitative estimate of drug-likeness (QED) is 0.114. The smallest absolute Gasteiger partial charge is 0.407 e. The van der Waals surface area contributed by atoms with E-state index in [9.17, 15) is 31.2 Å². The van der Waals surface area contributed by atoms with Gasteiger partial charge in [-0.05, 0) is 82.2 Å². The van der Waals surface area contributed by atoms with Crippen molar-refractivity contribution in [2.75, 3.05) is 18.9 Å². The molecule has 0 spiro atoms. The number of alkyl halides is 3. The van der Waals surface area contributed by atoms with E-state index in [2.05, 4.69) is 5.32 Å². The number of esters is 1. The van der Waals surface area contributed by atoms with Gasteiger partial charge in [0.1, 0.15) is 22.8 Å². The monoisotopic (exact) mass is 657 g/mol. The van der Waals surface area contributed by atoms with Crippen molar-refractivity contribution in [1.82, 2.24) is 5.32 Å². The normalized spacial score (nSPS) is 14.8. The van der Waals surface area contributed by atoms with Crippen LogP contribution in [-0.4, -0.2) is 51.2 Å². The Morgan fingerprint density at radius 3 is 2.38 bits per heavy atom. The van der Waals surface area contributed by atoms with Crippen molar-refractivity contribution in [2.24, 2.45) is 5.92 Å². The first-order valence-corrected chi connectivity index (χ1v) is 16.7. The van der Waals surface area contributed by atoms with Crippen LogP contribution in [0.25, 0.3) is 0 Å². The lowest BCUT2D eigenvalue weighted by atomic mass is 10.1. The first-order chi connectivity index (χ1) is 21.1. The number of carbonyl (C=O) groups is 2. The van der Waals surface area contributed by atoms with Gasteiger partial charge in [0.25, 0.3) is 0 Å². The van der Waals surface area contributed by atoms with Crippen molar-refractivity contribution >= 4 is 22.2 Å². The van der Waals surface area contributed by atoms with Gasteiger partial charge in [0.15, 0.2) is 0 Å². The number of carbonyl (C=O) groups excluding carboxylic acids is 2. The molecule has 0 fully saturated rings. The third kappa shape index (κ3) is 14.0. The Hall–Kier alpha value is -3.48. The molecule has 0 heterocycles. The minimum absolute atomic E-state index is 0.0608. The highest BCUT2D eigenvalue weighted by Gasteiger charge is 2.28. The average molecular weight is 658 g/mol. The molecular formula is C32H42F3NO8S. The highest BCUT2D eigenvalue weighted by Crippen LogP contribution is 2.37. The SMILES string of the molecule is CC(C)(C)OC(=O)NCCCCCCC(=O)OC[C@@H]1Cc2cccc(Oc3cccc(OS(=O)(=O)CCCC(F)(F)F)c3)c2C1. The Bertz CT molecular complexity index is 1390. The summed E-state index contributed by atoms with van der Waals surface area (Å²) in [4.78, 5) is 23.9. The van der Waals surface area contributed by atoms with Gasteiger partial charge < -0.3 is 23.7 Å². The zero-order chi connectivity index (χ0) is 33.1. The summed E-state index contributed by atoms with van der Waals surface area (Å²) in [7, 11) is -4.21. The topological polar surface area (TPSA) is 117 Å². The van der Waals surface area contributed by atoms with Crippen molar-refractivity contribution in [3.63, 3.8) is 0 Å². The van der Waals surface area contributed by atoms with Crippen molar-refractivity contribution < 1.29 is 49.6 Å². The minimum atomic E-state index is -4.44. The zero-order valence-corrected chi connectivity index (χ0v) is 26.7. The summed E-state index contributed by atoms with van der Waals surface area (Å²) in [6.45, 7) is 6.22. The fourth-order valence-corrected chi connectivity index (χ4v) is 5.79. The number of ether oxygens (including phenoxy) is 3. The minimum Gasteiger partial charge on any atom is -0.465 e. The molecule has 1 N–H and O–H groups in total. The van der Waals surface area contributed by atoms with Gasteiger partial charge in [-0.3, -0.25) is 4.79 Å². The Kier molecular flexibility index (Phi) is 13.0. The number of hydrogen-bond acceptors (Lipinski definition) is 8.